The summed E-state index contributed by atoms with van der Waals surface area (Å²) in [5.41, 5.74) is 0.533. The molecule has 18 heavy (non-hydrogen) atoms. The monoisotopic (exact) mass is 259 g/mol. The first-order chi connectivity index (χ1) is 8.29. The van der Waals surface area contributed by atoms with Gasteiger partial charge in [-0.2, -0.15) is 13.2 Å². The van der Waals surface area contributed by atoms with E-state index in [1.807, 2.05) is 0 Å². The van der Waals surface area contributed by atoms with Crippen LogP contribution in [0, 0.1) is 5.92 Å². The van der Waals surface area contributed by atoms with Crippen LogP contribution in [0.4, 0.5) is 13.2 Å². The number of alkyl halides is 3. The molecule has 0 radical (unpaired) electrons. The molecular formula is C13H16F3NO. The van der Waals surface area contributed by atoms with Crippen molar-refractivity contribution >= 4 is 5.78 Å². The average Bonchev–Trinajstić information content (AvgIpc) is 2.26. The van der Waals surface area contributed by atoms with Crippen LogP contribution in [0.2, 0.25) is 0 Å². The molecule has 0 aliphatic rings. The van der Waals surface area contributed by atoms with Crippen molar-refractivity contribution in [1.82, 2.24) is 4.90 Å². The van der Waals surface area contributed by atoms with Crippen molar-refractivity contribution in [2.75, 3.05) is 20.1 Å². The number of nitrogens with zero attached hydrogens (tertiary/aromatic N) is 1. The zero-order valence-corrected chi connectivity index (χ0v) is 10.4. The van der Waals surface area contributed by atoms with Gasteiger partial charge >= 0.3 is 6.18 Å². The van der Waals surface area contributed by atoms with Crippen LogP contribution in [0.1, 0.15) is 17.3 Å². The summed E-state index contributed by atoms with van der Waals surface area (Å²) in [7, 11) is 1.36. The second kappa shape index (κ2) is 6.00. The molecule has 0 heterocycles. The molecule has 0 saturated carbocycles. The van der Waals surface area contributed by atoms with E-state index in [9.17, 15) is 18.0 Å². The lowest BCUT2D eigenvalue weighted by Gasteiger charge is -2.21. The Labute approximate surface area is 104 Å². The highest BCUT2D eigenvalue weighted by atomic mass is 19.4. The molecule has 0 aliphatic carbocycles. The smallest absolute Gasteiger partial charge is 0.297 e. The maximum Gasteiger partial charge on any atom is 0.401 e. The van der Waals surface area contributed by atoms with Crippen LogP contribution in [-0.2, 0) is 0 Å². The van der Waals surface area contributed by atoms with Crippen LogP contribution in [-0.4, -0.2) is 37.0 Å². The zero-order valence-electron chi connectivity index (χ0n) is 10.4. The number of Topliss-reactive ketones (excluding diaryl/α,β-unsaturated/α-hetero) is 1. The predicted molar refractivity (Wildman–Crippen MR) is 63.5 cm³/mol. The van der Waals surface area contributed by atoms with E-state index in [1.54, 1.807) is 37.3 Å². The highest BCUT2D eigenvalue weighted by Gasteiger charge is 2.30. The van der Waals surface area contributed by atoms with E-state index >= 15 is 0 Å². The molecule has 0 N–H and O–H groups in total. The van der Waals surface area contributed by atoms with Crippen molar-refractivity contribution in [2.45, 2.75) is 13.1 Å². The summed E-state index contributed by atoms with van der Waals surface area (Å²) in [6.07, 6.45) is -4.23. The van der Waals surface area contributed by atoms with Gasteiger partial charge in [-0.3, -0.25) is 9.69 Å². The van der Waals surface area contributed by atoms with Gasteiger partial charge in [0.1, 0.15) is 0 Å². The van der Waals surface area contributed by atoms with E-state index in [2.05, 4.69) is 0 Å². The van der Waals surface area contributed by atoms with Crippen LogP contribution in [0.3, 0.4) is 0 Å². The molecule has 1 rings (SSSR count). The number of carbonyl (C=O) groups is 1. The lowest BCUT2D eigenvalue weighted by Crippen LogP contribution is -2.35. The summed E-state index contributed by atoms with van der Waals surface area (Å²) in [6.45, 7) is 0.731. The van der Waals surface area contributed by atoms with E-state index in [-0.39, 0.29) is 12.3 Å². The second-order valence-electron chi connectivity index (χ2n) is 4.44. The fourth-order valence-corrected chi connectivity index (χ4v) is 1.81. The third-order valence-electron chi connectivity index (χ3n) is 2.54. The van der Waals surface area contributed by atoms with Crippen molar-refractivity contribution in [2.24, 2.45) is 5.92 Å². The highest BCUT2D eigenvalue weighted by molar-refractivity contribution is 5.97. The van der Waals surface area contributed by atoms with E-state index < -0.39 is 18.6 Å². The van der Waals surface area contributed by atoms with Crippen LogP contribution >= 0.6 is 0 Å². The van der Waals surface area contributed by atoms with Crippen molar-refractivity contribution in [3.05, 3.63) is 35.9 Å². The van der Waals surface area contributed by atoms with Gasteiger partial charge in [-0.25, -0.2) is 0 Å². The van der Waals surface area contributed by atoms with E-state index in [1.165, 1.54) is 7.05 Å². The van der Waals surface area contributed by atoms with Crippen LogP contribution in [0.5, 0.6) is 0 Å². The van der Waals surface area contributed by atoms with E-state index in [0.29, 0.717) is 5.56 Å². The molecule has 1 unspecified atom stereocenters. The first-order valence-electron chi connectivity index (χ1n) is 5.64. The minimum atomic E-state index is -4.23. The third-order valence-corrected chi connectivity index (χ3v) is 2.54. The molecule has 0 saturated heterocycles. The summed E-state index contributed by atoms with van der Waals surface area (Å²) < 4.78 is 36.5. The van der Waals surface area contributed by atoms with Gasteiger partial charge in [0.25, 0.3) is 0 Å². The Hall–Kier alpha value is -1.36. The molecule has 0 bridgehead atoms. The Morgan fingerprint density at radius 1 is 1.28 bits per heavy atom. The van der Waals surface area contributed by atoms with Crippen LogP contribution in [0.25, 0.3) is 0 Å². The fourth-order valence-electron chi connectivity index (χ4n) is 1.81. The quantitative estimate of drug-likeness (QED) is 0.758. The standard InChI is InChI=1S/C13H16F3NO/c1-10(8-17(2)9-13(14,15)16)12(18)11-6-4-3-5-7-11/h3-7,10H,8-9H2,1-2H3. The van der Waals surface area contributed by atoms with E-state index in [0.717, 1.165) is 4.90 Å². The van der Waals surface area contributed by atoms with E-state index in [4.69, 9.17) is 0 Å². The summed E-state index contributed by atoms with van der Waals surface area (Å²) in [5, 5.41) is 0. The Balaban J connectivity index is 2.56. The molecule has 1 atom stereocenters. The largest absolute Gasteiger partial charge is 0.401 e. The SMILES string of the molecule is CC(CN(C)CC(F)(F)F)C(=O)c1ccccc1. The summed E-state index contributed by atoms with van der Waals surface area (Å²) in [5.74, 6) is -0.593. The summed E-state index contributed by atoms with van der Waals surface area (Å²) >= 11 is 0. The fraction of sp³-hybridized carbons (Fsp3) is 0.462. The Morgan fingerprint density at radius 3 is 2.33 bits per heavy atom. The molecule has 5 heteroatoms. The lowest BCUT2D eigenvalue weighted by atomic mass is 9.99. The van der Waals surface area contributed by atoms with Gasteiger partial charge in [0, 0.05) is 18.0 Å². The highest BCUT2D eigenvalue weighted by Crippen LogP contribution is 2.17. The van der Waals surface area contributed by atoms with Gasteiger partial charge in [0.2, 0.25) is 0 Å². The van der Waals surface area contributed by atoms with Gasteiger partial charge in [-0.1, -0.05) is 37.3 Å². The Morgan fingerprint density at radius 2 is 1.83 bits per heavy atom. The molecule has 0 spiro atoms. The normalized spacial score (nSPS) is 13.7. The predicted octanol–water partition coefficient (Wildman–Crippen LogP) is 3.00. The third kappa shape index (κ3) is 4.87. The van der Waals surface area contributed by atoms with Gasteiger partial charge in [-0.05, 0) is 7.05 Å². The number of rotatable bonds is 5. The molecule has 100 valence electrons. The summed E-state index contributed by atoms with van der Waals surface area (Å²) in [4.78, 5) is 13.1. The topological polar surface area (TPSA) is 20.3 Å². The van der Waals surface area contributed by atoms with Crippen molar-refractivity contribution in [1.29, 1.82) is 0 Å². The second-order valence-corrected chi connectivity index (χ2v) is 4.44. The maximum absolute atomic E-state index is 12.2. The first-order valence-corrected chi connectivity index (χ1v) is 5.64. The van der Waals surface area contributed by atoms with Crippen molar-refractivity contribution in [3.63, 3.8) is 0 Å². The van der Waals surface area contributed by atoms with Crippen molar-refractivity contribution in [3.8, 4) is 0 Å². The molecular weight excluding hydrogens is 243 g/mol. The number of halogens is 3. The van der Waals surface area contributed by atoms with Gasteiger partial charge in [0.05, 0.1) is 6.54 Å². The van der Waals surface area contributed by atoms with Gasteiger partial charge < -0.3 is 0 Å². The minimum absolute atomic E-state index is 0.0905. The molecule has 2 nitrogen and oxygen atoms in total. The lowest BCUT2D eigenvalue weighted by molar-refractivity contribution is -0.143. The molecule has 0 aliphatic heterocycles. The number of hydrogen-bond acceptors (Lipinski definition) is 2. The Bertz CT molecular complexity index is 389. The molecule has 0 fully saturated rings. The van der Waals surface area contributed by atoms with Gasteiger partial charge in [-0.15, -0.1) is 0 Å². The zero-order chi connectivity index (χ0) is 13.8. The average molecular weight is 259 g/mol. The number of benzene rings is 1. The minimum Gasteiger partial charge on any atom is -0.297 e. The van der Waals surface area contributed by atoms with Crippen LogP contribution < -0.4 is 0 Å². The summed E-state index contributed by atoms with van der Waals surface area (Å²) in [6, 6.07) is 8.60. The molecule has 0 amide bonds. The van der Waals surface area contributed by atoms with Crippen molar-refractivity contribution < 1.29 is 18.0 Å². The number of carbonyl (C=O) groups excluding carboxylic acids is 1. The first kappa shape index (κ1) is 14.7. The number of hydrogen-bond donors (Lipinski definition) is 0. The molecule has 0 aromatic heterocycles. The van der Waals surface area contributed by atoms with Gasteiger partial charge in [0.15, 0.2) is 5.78 Å². The van der Waals surface area contributed by atoms with Crippen LogP contribution in [0.15, 0.2) is 30.3 Å². The Kier molecular flexibility index (Phi) is 4.90. The molecule has 1 aromatic carbocycles. The number of ketones is 1. The molecule has 1 aromatic rings. The maximum atomic E-state index is 12.2.